The van der Waals surface area contributed by atoms with E-state index in [2.05, 4.69) is 0 Å². The highest BCUT2D eigenvalue weighted by Crippen LogP contribution is 2.34. The molecule has 0 aromatic rings. The van der Waals surface area contributed by atoms with Gasteiger partial charge in [0, 0.05) is 26.9 Å². The molecule has 1 saturated carbocycles. The maximum atomic E-state index is 11.0. The van der Waals surface area contributed by atoms with Crippen molar-refractivity contribution in [2.75, 3.05) is 7.11 Å². The molecule has 15 heavy (non-hydrogen) atoms. The van der Waals surface area contributed by atoms with E-state index < -0.39 is 5.79 Å². The Morgan fingerprint density at radius 1 is 1.27 bits per heavy atom. The van der Waals surface area contributed by atoms with Crippen LogP contribution in [0.2, 0.25) is 0 Å². The predicted molar refractivity (Wildman–Crippen MR) is 55.1 cm³/mol. The van der Waals surface area contributed by atoms with Crippen LogP contribution in [0, 0.1) is 0 Å². The monoisotopic (exact) mass is 216 g/mol. The van der Waals surface area contributed by atoms with Gasteiger partial charge in [-0.25, -0.2) is 0 Å². The van der Waals surface area contributed by atoms with Crippen molar-refractivity contribution < 1.29 is 19.0 Å². The molecule has 4 nitrogen and oxygen atoms in total. The number of carbonyl (C=O) groups is 1. The third kappa shape index (κ3) is 3.80. The van der Waals surface area contributed by atoms with Gasteiger partial charge in [-0.1, -0.05) is 6.42 Å². The fourth-order valence-corrected chi connectivity index (χ4v) is 1.95. The Morgan fingerprint density at radius 2 is 1.87 bits per heavy atom. The SMILES string of the molecule is COC(C)OC1(OC(C)=O)CCCCC1. The van der Waals surface area contributed by atoms with Gasteiger partial charge in [0.05, 0.1) is 0 Å². The van der Waals surface area contributed by atoms with Crippen LogP contribution >= 0.6 is 0 Å². The van der Waals surface area contributed by atoms with E-state index in [0.29, 0.717) is 0 Å². The van der Waals surface area contributed by atoms with Crippen molar-refractivity contribution in [1.82, 2.24) is 0 Å². The van der Waals surface area contributed by atoms with E-state index in [1.165, 1.54) is 13.3 Å². The normalized spacial score (nSPS) is 22.1. The summed E-state index contributed by atoms with van der Waals surface area (Å²) in [7, 11) is 1.58. The van der Waals surface area contributed by atoms with Crippen molar-refractivity contribution in [3.8, 4) is 0 Å². The molecule has 0 radical (unpaired) electrons. The molecule has 1 atom stereocenters. The average Bonchev–Trinajstić information content (AvgIpc) is 2.17. The van der Waals surface area contributed by atoms with Gasteiger partial charge in [0.15, 0.2) is 6.29 Å². The standard InChI is InChI=1S/C11H20O4/c1-9(12)14-11(15-10(2)13-3)7-5-4-6-8-11/h10H,4-8H2,1-3H3. The first-order valence-corrected chi connectivity index (χ1v) is 5.48. The highest BCUT2D eigenvalue weighted by atomic mass is 16.8. The lowest BCUT2D eigenvalue weighted by atomic mass is 9.94. The molecule has 0 N–H and O–H groups in total. The summed E-state index contributed by atoms with van der Waals surface area (Å²) in [5, 5.41) is 0. The summed E-state index contributed by atoms with van der Waals surface area (Å²) < 4.78 is 16.0. The number of methoxy groups -OCH3 is 1. The van der Waals surface area contributed by atoms with E-state index >= 15 is 0 Å². The Morgan fingerprint density at radius 3 is 2.33 bits per heavy atom. The molecule has 0 spiro atoms. The zero-order chi connectivity index (χ0) is 11.3. The molecule has 4 heteroatoms. The van der Waals surface area contributed by atoms with Gasteiger partial charge >= 0.3 is 5.97 Å². The van der Waals surface area contributed by atoms with Crippen LogP contribution in [0.5, 0.6) is 0 Å². The van der Waals surface area contributed by atoms with Crippen LogP contribution in [-0.4, -0.2) is 25.2 Å². The van der Waals surface area contributed by atoms with Gasteiger partial charge in [-0.2, -0.15) is 0 Å². The van der Waals surface area contributed by atoms with Crippen molar-refractivity contribution >= 4 is 5.97 Å². The lowest BCUT2D eigenvalue weighted by molar-refractivity contribution is -0.297. The zero-order valence-electron chi connectivity index (χ0n) is 9.75. The topological polar surface area (TPSA) is 44.8 Å². The second-order valence-corrected chi connectivity index (χ2v) is 3.99. The third-order valence-electron chi connectivity index (χ3n) is 2.66. The molecule has 0 aromatic heterocycles. The second-order valence-electron chi connectivity index (χ2n) is 3.99. The van der Waals surface area contributed by atoms with Crippen molar-refractivity contribution in [3.63, 3.8) is 0 Å². The minimum absolute atomic E-state index is 0.291. The summed E-state index contributed by atoms with van der Waals surface area (Å²) in [6, 6.07) is 0. The highest BCUT2D eigenvalue weighted by molar-refractivity contribution is 5.66. The minimum atomic E-state index is -0.750. The minimum Gasteiger partial charge on any atom is -0.433 e. The van der Waals surface area contributed by atoms with Crippen molar-refractivity contribution in [3.05, 3.63) is 0 Å². The Hall–Kier alpha value is -0.610. The van der Waals surface area contributed by atoms with Gasteiger partial charge < -0.3 is 14.2 Å². The lowest BCUT2D eigenvalue weighted by Gasteiger charge is -2.37. The number of ether oxygens (including phenoxy) is 3. The van der Waals surface area contributed by atoms with Gasteiger partial charge in [-0.05, 0) is 19.8 Å². The summed E-state index contributed by atoms with van der Waals surface area (Å²) in [5.41, 5.74) is 0. The van der Waals surface area contributed by atoms with Crippen LogP contribution in [0.3, 0.4) is 0 Å². The smallest absolute Gasteiger partial charge is 0.305 e. The number of carbonyl (C=O) groups excluding carboxylic acids is 1. The van der Waals surface area contributed by atoms with Crippen molar-refractivity contribution in [1.29, 1.82) is 0 Å². The number of hydrogen-bond donors (Lipinski definition) is 0. The molecule has 0 heterocycles. The molecule has 1 aliphatic carbocycles. The predicted octanol–water partition coefficient (Wildman–Crippen LogP) is 2.22. The van der Waals surface area contributed by atoms with E-state index in [-0.39, 0.29) is 12.3 Å². The fraction of sp³-hybridized carbons (Fsp3) is 0.909. The molecule has 1 unspecified atom stereocenters. The van der Waals surface area contributed by atoms with Gasteiger partial charge in [0.2, 0.25) is 5.79 Å². The zero-order valence-corrected chi connectivity index (χ0v) is 9.75. The second kappa shape index (κ2) is 5.47. The van der Waals surface area contributed by atoms with Crippen molar-refractivity contribution in [2.24, 2.45) is 0 Å². The van der Waals surface area contributed by atoms with Crippen LogP contribution in [0.25, 0.3) is 0 Å². The lowest BCUT2D eigenvalue weighted by Crippen LogP contribution is -2.42. The summed E-state index contributed by atoms with van der Waals surface area (Å²) in [6.45, 7) is 3.22. The molecule has 0 bridgehead atoms. The van der Waals surface area contributed by atoms with E-state index in [0.717, 1.165) is 25.7 Å². The van der Waals surface area contributed by atoms with E-state index in [1.807, 2.05) is 0 Å². The van der Waals surface area contributed by atoms with E-state index in [4.69, 9.17) is 14.2 Å². The van der Waals surface area contributed by atoms with E-state index in [9.17, 15) is 4.79 Å². The molecular formula is C11H20O4. The molecule has 88 valence electrons. The largest absolute Gasteiger partial charge is 0.433 e. The number of esters is 1. The third-order valence-corrected chi connectivity index (χ3v) is 2.66. The Bertz CT molecular complexity index is 209. The maximum absolute atomic E-state index is 11.0. The van der Waals surface area contributed by atoms with Crippen LogP contribution in [0.15, 0.2) is 0 Å². The average molecular weight is 216 g/mol. The number of rotatable bonds is 4. The van der Waals surface area contributed by atoms with Crippen LogP contribution in [0.4, 0.5) is 0 Å². The molecule has 0 aliphatic heterocycles. The summed E-state index contributed by atoms with van der Waals surface area (Å²) in [6.07, 6.45) is 4.42. The Labute approximate surface area is 90.9 Å². The Balaban J connectivity index is 2.61. The molecule has 0 saturated heterocycles. The van der Waals surface area contributed by atoms with E-state index in [1.54, 1.807) is 14.0 Å². The first-order chi connectivity index (χ1) is 7.08. The molecule has 1 aliphatic rings. The summed E-state index contributed by atoms with van der Waals surface area (Å²) in [4.78, 5) is 11.0. The first-order valence-electron chi connectivity index (χ1n) is 5.48. The maximum Gasteiger partial charge on any atom is 0.305 e. The Kier molecular flexibility index (Phi) is 4.54. The molecule has 0 aromatic carbocycles. The summed E-state index contributed by atoms with van der Waals surface area (Å²) >= 11 is 0. The quantitative estimate of drug-likeness (QED) is 0.534. The molecule has 0 amide bonds. The number of hydrogen-bond acceptors (Lipinski definition) is 4. The van der Waals surface area contributed by atoms with Gasteiger partial charge in [-0.15, -0.1) is 0 Å². The van der Waals surface area contributed by atoms with Crippen molar-refractivity contribution in [2.45, 2.75) is 58.0 Å². The highest BCUT2D eigenvalue weighted by Gasteiger charge is 2.37. The van der Waals surface area contributed by atoms with Crippen LogP contribution in [0.1, 0.15) is 46.0 Å². The molecular weight excluding hydrogens is 196 g/mol. The molecule has 1 fully saturated rings. The summed E-state index contributed by atoms with van der Waals surface area (Å²) in [5.74, 6) is -1.04. The fourth-order valence-electron chi connectivity index (χ4n) is 1.95. The van der Waals surface area contributed by atoms with Crippen LogP contribution in [-0.2, 0) is 19.0 Å². The first kappa shape index (κ1) is 12.5. The van der Waals surface area contributed by atoms with Crippen LogP contribution < -0.4 is 0 Å². The van der Waals surface area contributed by atoms with Gasteiger partial charge in [0.25, 0.3) is 0 Å². The molecule has 1 rings (SSSR count). The van der Waals surface area contributed by atoms with Gasteiger partial charge in [-0.3, -0.25) is 4.79 Å². The van der Waals surface area contributed by atoms with Gasteiger partial charge in [0.1, 0.15) is 0 Å².